The lowest BCUT2D eigenvalue weighted by Gasteiger charge is -2.56. The minimum absolute atomic E-state index is 0.301. The summed E-state index contributed by atoms with van der Waals surface area (Å²) < 4.78 is 6.10. The molecular formula is C18H32N2O. The van der Waals surface area contributed by atoms with Gasteiger partial charge in [-0.15, -0.1) is 0 Å². The van der Waals surface area contributed by atoms with Crippen molar-refractivity contribution >= 4 is 0 Å². The molecule has 3 saturated carbocycles. The maximum atomic E-state index is 6.39. The molecule has 1 aliphatic heterocycles. The summed E-state index contributed by atoms with van der Waals surface area (Å²) in [6.07, 6.45) is 14.4. The van der Waals surface area contributed by atoms with Crippen molar-refractivity contribution in [3.8, 4) is 0 Å². The van der Waals surface area contributed by atoms with Crippen molar-refractivity contribution in [2.24, 2.45) is 17.6 Å². The summed E-state index contributed by atoms with van der Waals surface area (Å²) in [5.41, 5.74) is 6.69. The monoisotopic (exact) mass is 292 g/mol. The van der Waals surface area contributed by atoms with Crippen LogP contribution in [0.4, 0.5) is 0 Å². The van der Waals surface area contributed by atoms with Crippen LogP contribution in [0.5, 0.6) is 0 Å². The molecule has 0 bridgehead atoms. The molecule has 4 fully saturated rings. The van der Waals surface area contributed by atoms with Crippen LogP contribution >= 0.6 is 0 Å². The summed E-state index contributed by atoms with van der Waals surface area (Å²) in [6, 6.07) is 0.661. The van der Waals surface area contributed by atoms with Crippen molar-refractivity contribution in [3.05, 3.63) is 0 Å². The Morgan fingerprint density at radius 3 is 2.67 bits per heavy atom. The molecule has 0 amide bonds. The predicted molar refractivity (Wildman–Crippen MR) is 85.2 cm³/mol. The van der Waals surface area contributed by atoms with Crippen molar-refractivity contribution in [1.29, 1.82) is 0 Å². The Bertz CT molecular complexity index is 368. The molecule has 4 unspecified atom stereocenters. The van der Waals surface area contributed by atoms with Gasteiger partial charge in [0.15, 0.2) is 0 Å². The Morgan fingerprint density at radius 1 is 1.00 bits per heavy atom. The highest BCUT2D eigenvalue weighted by atomic mass is 16.5. The highest BCUT2D eigenvalue weighted by Crippen LogP contribution is 2.49. The quantitative estimate of drug-likeness (QED) is 0.869. The molecule has 1 saturated heterocycles. The van der Waals surface area contributed by atoms with E-state index in [1.54, 1.807) is 0 Å². The average molecular weight is 292 g/mol. The second-order valence-electron chi connectivity index (χ2n) is 8.08. The summed E-state index contributed by atoms with van der Waals surface area (Å²) in [7, 11) is 0. The predicted octanol–water partition coefficient (Wildman–Crippen LogP) is 2.93. The number of nitrogens with zero attached hydrogens (tertiary/aromatic N) is 1. The lowest BCUT2D eigenvalue weighted by atomic mass is 9.71. The van der Waals surface area contributed by atoms with Crippen molar-refractivity contribution < 1.29 is 4.74 Å². The third-order valence-corrected chi connectivity index (χ3v) is 6.87. The topological polar surface area (TPSA) is 38.5 Å². The van der Waals surface area contributed by atoms with Gasteiger partial charge in [0.2, 0.25) is 0 Å². The van der Waals surface area contributed by atoms with Gasteiger partial charge < -0.3 is 10.5 Å². The molecule has 1 heterocycles. The molecule has 120 valence electrons. The second kappa shape index (κ2) is 5.82. The van der Waals surface area contributed by atoms with Crippen LogP contribution in [0.25, 0.3) is 0 Å². The van der Waals surface area contributed by atoms with E-state index in [1.165, 1.54) is 64.2 Å². The number of ether oxygens (including phenoxy) is 1. The van der Waals surface area contributed by atoms with Crippen LogP contribution in [0, 0.1) is 11.8 Å². The largest absolute Gasteiger partial charge is 0.375 e. The highest BCUT2D eigenvalue weighted by molar-refractivity contribution is 5.04. The van der Waals surface area contributed by atoms with E-state index in [0.29, 0.717) is 17.7 Å². The second-order valence-corrected chi connectivity index (χ2v) is 8.08. The van der Waals surface area contributed by atoms with Crippen LogP contribution in [0.15, 0.2) is 0 Å². The van der Waals surface area contributed by atoms with Gasteiger partial charge in [0.05, 0.1) is 12.7 Å². The molecule has 0 spiro atoms. The number of morpholine rings is 1. The van der Waals surface area contributed by atoms with Crippen molar-refractivity contribution in [1.82, 2.24) is 4.90 Å². The van der Waals surface area contributed by atoms with E-state index in [0.717, 1.165) is 31.5 Å². The van der Waals surface area contributed by atoms with Gasteiger partial charge in [0.1, 0.15) is 0 Å². The summed E-state index contributed by atoms with van der Waals surface area (Å²) >= 11 is 0. The molecular weight excluding hydrogens is 260 g/mol. The van der Waals surface area contributed by atoms with Crippen molar-refractivity contribution in [2.75, 3.05) is 19.7 Å². The number of hydrogen-bond donors (Lipinski definition) is 1. The van der Waals surface area contributed by atoms with Gasteiger partial charge in [-0.1, -0.05) is 25.7 Å². The van der Waals surface area contributed by atoms with Crippen molar-refractivity contribution in [3.63, 3.8) is 0 Å². The lowest BCUT2D eigenvalue weighted by Crippen LogP contribution is -2.65. The standard InChI is InChI=1S/C18H32N2O/c19-13-18(9-3-4-15(12-18)14-7-8-14)20-10-11-21-17-6-2-1-5-16(17)20/h14-17H,1-13,19H2. The van der Waals surface area contributed by atoms with Gasteiger partial charge in [-0.25, -0.2) is 0 Å². The molecule has 4 aliphatic rings. The van der Waals surface area contributed by atoms with E-state index in [1.807, 2.05) is 0 Å². The molecule has 0 aromatic heterocycles. The highest BCUT2D eigenvalue weighted by Gasteiger charge is 2.49. The smallest absolute Gasteiger partial charge is 0.0731 e. The molecule has 3 aliphatic carbocycles. The molecule has 3 heteroatoms. The fourth-order valence-corrected chi connectivity index (χ4v) is 5.60. The van der Waals surface area contributed by atoms with E-state index < -0.39 is 0 Å². The zero-order valence-electron chi connectivity index (χ0n) is 13.4. The van der Waals surface area contributed by atoms with E-state index in [2.05, 4.69) is 4.90 Å². The molecule has 0 aromatic rings. The zero-order valence-corrected chi connectivity index (χ0v) is 13.4. The third-order valence-electron chi connectivity index (χ3n) is 6.87. The van der Waals surface area contributed by atoms with E-state index in [9.17, 15) is 0 Å². The summed E-state index contributed by atoms with van der Waals surface area (Å²) in [5, 5.41) is 0. The molecule has 4 atom stereocenters. The fraction of sp³-hybridized carbons (Fsp3) is 1.00. The van der Waals surface area contributed by atoms with Crippen LogP contribution in [0.1, 0.15) is 64.2 Å². The van der Waals surface area contributed by atoms with Crippen LogP contribution in [0.2, 0.25) is 0 Å². The lowest BCUT2D eigenvalue weighted by molar-refractivity contribution is -0.136. The zero-order chi connectivity index (χ0) is 14.3. The minimum atomic E-state index is 0.301. The Morgan fingerprint density at radius 2 is 1.86 bits per heavy atom. The van der Waals surface area contributed by atoms with Crippen LogP contribution in [-0.2, 0) is 4.74 Å². The first-order chi connectivity index (χ1) is 10.3. The Labute approximate surface area is 129 Å². The number of rotatable bonds is 3. The van der Waals surface area contributed by atoms with E-state index in [-0.39, 0.29) is 0 Å². The maximum absolute atomic E-state index is 6.39. The third kappa shape index (κ3) is 2.66. The molecule has 0 radical (unpaired) electrons. The normalized spacial score (nSPS) is 45.3. The molecule has 2 N–H and O–H groups in total. The van der Waals surface area contributed by atoms with Crippen LogP contribution < -0.4 is 5.73 Å². The first-order valence-corrected chi connectivity index (χ1v) is 9.41. The first kappa shape index (κ1) is 14.5. The average Bonchev–Trinajstić information content (AvgIpc) is 3.39. The SMILES string of the molecule is NCC1(N2CCOC3CCCCC32)CCCC(C2CC2)C1. The number of nitrogens with two attached hydrogens (primary N) is 1. The molecule has 3 nitrogen and oxygen atoms in total. The van der Waals surface area contributed by atoms with Crippen molar-refractivity contribution in [2.45, 2.75) is 81.9 Å². The summed E-state index contributed by atoms with van der Waals surface area (Å²) in [5.74, 6) is 2.01. The molecule has 4 rings (SSSR count). The van der Waals surface area contributed by atoms with E-state index in [4.69, 9.17) is 10.5 Å². The van der Waals surface area contributed by atoms with Gasteiger partial charge >= 0.3 is 0 Å². The Kier molecular flexibility index (Phi) is 4.01. The van der Waals surface area contributed by atoms with Crippen LogP contribution in [-0.4, -0.2) is 42.3 Å². The van der Waals surface area contributed by atoms with Gasteiger partial charge in [-0.05, 0) is 50.4 Å². The van der Waals surface area contributed by atoms with Crippen LogP contribution in [0.3, 0.4) is 0 Å². The minimum Gasteiger partial charge on any atom is -0.375 e. The Hall–Kier alpha value is -0.120. The first-order valence-electron chi connectivity index (χ1n) is 9.41. The fourth-order valence-electron chi connectivity index (χ4n) is 5.60. The van der Waals surface area contributed by atoms with E-state index >= 15 is 0 Å². The summed E-state index contributed by atoms with van der Waals surface area (Å²) in [4.78, 5) is 2.84. The Balaban J connectivity index is 1.55. The van der Waals surface area contributed by atoms with Gasteiger partial charge in [-0.3, -0.25) is 4.90 Å². The number of hydrogen-bond acceptors (Lipinski definition) is 3. The molecule has 21 heavy (non-hydrogen) atoms. The molecule has 0 aromatic carbocycles. The van der Waals surface area contributed by atoms with Gasteiger partial charge in [0.25, 0.3) is 0 Å². The van der Waals surface area contributed by atoms with Gasteiger partial charge in [-0.2, -0.15) is 0 Å². The van der Waals surface area contributed by atoms with Gasteiger partial charge in [0, 0.05) is 24.7 Å². The number of fused-ring (bicyclic) bond motifs is 1. The maximum Gasteiger partial charge on any atom is 0.0731 e. The summed E-state index contributed by atoms with van der Waals surface area (Å²) in [6.45, 7) is 2.91.